The maximum Gasteiger partial charge on any atom is 0.323 e. The van der Waals surface area contributed by atoms with Crippen LogP contribution in [0.25, 0.3) is 0 Å². The summed E-state index contributed by atoms with van der Waals surface area (Å²) in [4.78, 5) is 23.0. The zero-order chi connectivity index (χ0) is 21.0. The number of rotatable bonds is 17. The fourth-order valence-corrected chi connectivity index (χ4v) is 3.07. The maximum absolute atomic E-state index is 11.5. The van der Waals surface area contributed by atoms with Crippen molar-refractivity contribution in [3.05, 3.63) is 0 Å². The number of carbonyl (C=O) groups excluding carboxylic acids is 2. The van der Waals surface area contributed by atoms with Crippen molar-refractivity contribution >= 4 is 11.9 Å². The van der Waals surface area contributed by atoms with Gasteiger partial charge >= 0.3 is 11.9 Å². The number of carbonyl (C=O) groups is 2. The number of ether oxygens (including phenoxy) is 2. The fraction of sp³-hybridized carbons (Fsp3) is 0.818. The van der Waals surface area contributed by atoms with E-state index in [2.05, 4.69) is 0 Å². The summed E-state index contributed by atoms with van der Waals surface area (Å²) < 4.78 is 9.77. The molecule has 6 heteroatoms. The highest BCUT2D eigenvalue weighted by Crippen LogP contribution is 2.16. The van der Waals surface area contributed by atoms with Crippen molar-refractivity contribution in [1.29, 1.82) is 10.5 Å². The lowest BCUT2D eigenvalue weighted by Gasteiger charge is -2.08. The number of nitriles is 2. The third-order valence-corrected chi connectivity index (χ3v) is 4.69. The Morgan fingerprint density at radius 1 is 0.643 bits per heavy atom. The zero-order valence-corrected chi connectivity index (χ0v) is 17.6. The van der Waals surface area contributed by atoms with E-state index in [0.29, 0.717) is 26.1 Å². The van der Waals surface area contributed by atoms with Gasteiger partial charge in [0.1, 0.15) is 11.8 Å². The van der Waals surface area contributed by atoms with Crippen LogP contribution in [0, 0.1) is 34.5 Å². The van der Waals surface area contributed by atoms with Crippen LogP contribution in [0.5, 0.6) is 0 Å². The van der Waals surface area contributed by atoms with Crippen LogP contribution in [0.1, 0.15) is 90.9 Å². The molecule has 0 radical (unpaired) electrons. The Balaban J connectivity index is 3.51. The predicted molar refractivity (Wildman–Crippen MR) is 107 cm³/mol. The molecule has 0 amide bonds. The molecule has 2 atom stereocenters. The van der Waals surface area contributed by atoms with Crippen LogP contribution < -0.4 is 0 Å². The average molecular weight is 393 g/mol. The number of unbranched alkanes of at least 4 members (excludes halogenated alkanes) is 9. The molecule has 0 spiro atoms. The fourth-order valence-electron chi connectivity index (χ4n) is 3.07. The molecule has 0 rings (SSSR count). The summed E-state index contributed by atoms with van der Waals surface area (Å²) >= 11 is 0. The van der Waals surface area contributed by atoms with Gasteiger partial charge in [-0.25, -0.2) is 0 Å². The van der Waals surface area contributed by atoms with E-state index in [-0.39, 0.29) is 0 Å². The third kappa shape index (κ3) is 13.1. The quantitative estimate of drug-likeness (QED) is 0.253. The molecular weight excluding hydrogens is 356 g/mol. The minimum atomic E-state index is -0.621. The molecule has 2 unspecified atom stereocenters. The summed E-state index contributed by atoms with van der Waals surface area (Å²) in [7, 11) is 0. The minimum absolute atomic E-state index is 0.321. The Morgan fingerprint density at radius 2 is 0.929 bits per heavy atom. The van der Waals surface area contributed by atoms with Gasteiger partial charge in [-0.15, -0.1) is 0 Å². The van der Waals surface area contributed by atoms with Crippen molar-refractivity contribution in [1.82, 2.24) is 0 Å². The van der Waals surface area contributed by atoms with E-state index in [4.69, 9.17) is 20.0 Å². The van der Waals surface area contributed by atoms with Gasteiger partial charge in [0, 0.05) is 0 Å². The van der Waals surface area contributed by atoms with Crippen molar-refractivity contribution in [2.75, 3.05) is 13.2 Å². The average Bonchev–Trinajstić information content (AvgIpc) is 2.68. The first-order valence-electron chi connectivity index (χ1n) is 10.7. The van der Waals surface area contributed by atoms with Crippen LogP contribution in [0.2, 0.25) is 0 Å². The lowest BCUT2D eigenvalue weighted by Crippen LogP contribution is -2.16. The highest BCUT2D eigenvalue weighted by molar-refractivity contribution is 5.75. The summed E-state index contributed by atoms with van der Waals surface area (Å²) in [6.45, 7) is 4.14. The molecule has 0 aromatic rings. The number of nitrogens with zero attached hydrogens (tertiary/aromatic N) is 2. The first kappa shape index (κ1) is 25.9. The Kier molecular flexibility index (Phi) is 16.9. The molecule has 0 N–H and O–H groups in total. The lowest BCUT2D eigenvalue weighted by molar-refractivity contribution is -0.147. The van der Waals surface area contributed by atoms with Gasteiger partial charge in [0.25, 0.3) is 0 Å². The number of hydrogen-bond acceptors (Lipinski definition) is 6. The van der Waals surface area contributed by atoms with E-state index in [1.54, 1.807) is 13.8 Å². The van der Waals surface area contributed by atoms with Crippen LogP contribution >= 0.6 is 0 Å². The predicted octanol–water partition coefficient (Wildman–Crippen LogP) is 5.07. The van der Waals surface area contributed by atoms with Gasteiger partial charge in [-0.05, 0) is 26.7 Å². The van der Waals surface area contributed by atoms with Crippen LogP contribution in [0.15, 0.2) is 0 Å². The van der Waals surface area contributed by atoms with Gasteiger partial charge < -0.3 is 9.47 Å². The second-order valence-electron chi connectivity index (χ2n) is 6.98. The minimum Gasteiger partial charge on any atom is -0.465 e. The van der Waals surface area contributed by atoms with E-state index >= 15 is 0 Å². The monoisotopic (exact) mass is 392 g/mol. The second kappa shape index (κ2) is 18.3. The molecule has 0 saturated carbocycles. The molecule has 0 fully saturated rings. The second-order valence-corrected chi connectivity index (χ2v) is 6.98. The van der Waals surface area contributed by atoms with Gasteiger partial charge in [0.2, 0.25) is 0 Å². The maximum atomic E-state index is 11.5. The Hall–Kier alpha value is -2.08. The van der Waals surface area contributed by atoms with E-state index < -0.39 is 23.8 Å². The summed E-state index contributed by atoms with van der Waals surface area (Å²) in [5.74, 6) is -2.03. The zero-order valence-electron chi connectivity index (χ0n) is 17.6. The molecule has 6 nitrogen and oxygen atoms in total. The highest BCUT2D eigenvalue weighted by Gasteiger charge is 2.18. The normalized spacial score (nSPS) is 12.4. The number of hydrogen-bond donors (Lipinski definition) is 0. The summed E-state index contributed by atoms with van der Waals surface area (Å²) in [5.41, 5.74) is 0. The standard InChI is InChI=1S/C22H36N2O4/c1-3-27-21(25)19(17-23)15-13-11-9-7-5-6-8-10-12-14-16-20(18-24)22(26)28-4-2/h19-20H,3-16H2,1-2H3. The van der Waals surface area contributed by atoms with Crippen molar-refractivity contribution in [3.63, 3.8) is 0 Å². The Bertz CT molecular complexity index is 462. The topological polar surface area (TPSA) is 100 Å². The molecule has 0 aromatic heterocycles. The molecule has 0 bridgehead atoms. The van der Waals surface area contributed by atoms with Crippen LogP contribution in [0.3, 0.4) is 0 Å². The van der Waals surface area contributed by atoms with E-state index in [1.165, 1.54) is 25.7 Å². The Labute approximate surface area is 170 Å². The summed E-state index contributed by atoms with van der Waals surface area (Å²) in [6.07, 6.45) is 12.0. The molecular formula is C22H36N2O4. The molecule has 0 aliphatic carbocycles. The van der Waals surface area contributed by atoms with Gasteiger partial charge in [-0.1, -0.05) is 64.2 Å². The molecule has 0 aliphatic rings. The molecule has 28 heavy (non-hydrogen) atoms. The van der Waals surface area contributed by atoms with E-state index in [9.17, 15) is 9.59 Å². The smallest absolute Gasteiger partial charge is 0.323 e. The first-order chi connectivity index (χ1) is 13.6. The van der Waals surface area contributed by atoms with Crippen LogP contribution in [-0.4, -0.2) is 25.2 Å². The lowest BCUT2D eigenvalue weighted by atomic mass is 10.00. The van der Waals surface area contributed by atoms with Crippen LogP contribution in [-0.2, 0) is 19.1 Å². The van der Waals surface area contributed by atoms with Crippen molar-refractivity contribution in [3.8, 4) is 12.1 Å². The van der Waals surface area contributed by atoms with Crippen LogP contribution in [0.4, 0.5) is 0 Å². The van der Waals surface area contributed by atoms with Gasteiger partial charge in [-0.2, -0.15) is 10.5 Å². The first-order valence-corrected chi connectivity index (χ1v) is 10.7. The van der Waals surface area contributed by atoms with E-state index in [1.807, 2.05) is 12.1 Å². The van der Waals surface area contributed by atoms with Crippen molar-refractivity contribution < 1.29 is 19.1 Å². The third-order valence-electron chi connectivity index (χ3n) is 4.69. The SMILES string of the molecule is CCOC(=O)C(C#N)CCCCCCCCCCCCC(C#N)C(=O)OCC. The number of esters is 2. The van der Waals surface area contributed by atoms with Crippen molar-refractivity contribution in [2.45, 2.75) is 90.9 Å². The summed E-state index contributed by atoms with van der Waals surface area (Å²) in [5, 5.41) is 18.0. The Morgan fingerprint density at radius 3 is 1.18 bits per heavy atom. The largest absolute Gasteiger partial charge is 0.465 e. The molecule has 0 saturated heterocycles. The summed E-state index contributed by atoms with van der Waals surface area (Å²) in [6, 6.07) is 4.05. The molecule has 0 aliphatic heterocycles. The molecule has 0 heterocycles. The highest BCUT2D eigenvalue weighted by atomic mass is 16.5. The van der Waals surface area contributed by atoms with Gasteiger partial charge in [-0.3, -0.25) is 9.59 Å². The molecule has 158 valence electrons. The van der Waals surface area contributed by atoms with Crippen molar-refractivity contribution in [2.24, 2.45) is 11.8 Å². The van der Waals surface area contributed by atoms with E-state index in [0.717, 1.165) is 38.5 Å². The van der Waals surface area contributed by atoms with Gasteiger partial charge in [0.05, 0.1) is 25.4 Å². The van der Waals surface area contributed by atoms with Gasteiger partial charge in [0.15, 0.2) is 0 Å². The molecule has 0 aromatic carbocycles.